The maximum absolute atomic E-state index is 13.3. The summed E-state index contributed by atoms with van der Waals surface area (Å²) < 4.78 is 150. The van der Waals surface area contributed by atoms with Crippen LogP contribution in [0.1, 0.15) is 48.5 Å². The van der Waals surface area contributed by atoms with Crippen molar-refractivity contribution >= 4 is 0 Å². The SMILES string of the molecule is Cc1cc(=O)[nH]c(=O)n1[C@@H]1O[C@H](CO)[C@H](O)C1(O)C#CCF.O=c1[nH]c(=O)n([C@@H]2O[C@H](CO)[C@H](O)C2(O)C#CCF)cc1F.O=c1cnn([C@@H]2O[C@H](CO)[C@H](O)C2(O)C#CCF)c(=O)[nH]1.O=c1ncn([C@@H]2O[C@H](CO)[C@H](O)C2(O)C#CCF)c(=O)[nH]1.[2H]C([2H])(O)[C@H]1O[C@@H](n2ccc(=O)[nH]c2=O)C(O)(C#CCF)[C@H]1O.[2H]C([2H])(O)[C@H]1O[C@@H](n2cnc(=O)[nH]c2=O)C(O)(C#CCF)[C@H]1O. The maximum atomic E-state index is 13.3. The van der Waals surface area contributed by atoms with E-state index in [2.05, 4.69) is 32.8 Å². The highest BCUT2D eigenvalue weighted by Crippen LogP contribution is 2.43. The Labute approximate surface area is 709 Å². The highest BCUT2D eigenvalue weighted by molar-refractivity contribution is 5.29. The number of alkyl halides is 6. The molecule has 0 radical (unpaired) electrons. The van der Waals surface area contributed by atoms with Crippen LogP contribution >= 0.6 is 0 Å². The molecule has 0 bridgehead atoms. The number of nitrogens with one attached hydrogen (secondary N) is 6. The molecule has 6 aliphatic rings. The molecule has 51 nitrogen and oxygen atoms in total. The third-order valence-electron chi connectivity index (χ3n) is 18.5. The summed E-state index contributed by atoms with van der Waals surface area (Å²) in [7, 11) is 0. The zero-order chi connectivity index (χ0) is 99.1. The smallest absolute Gasteiger partial charge is 0.350 e. The van der Waals surface area contributed by atoms with Crippen LogP contribution in [0.3, 0.4) is 0 Å². The van der Waals surface area contributed by atoms with Gasteiger partial charge in [0.1, 0.15) is 132 Å². The van der Waals surface area contributed by atoms with Crippen LogP contribution in [0, 0.1) is 83.8 Å². The Bertz CT molecular complexity index is 6070. The zero-order valence-electron chi connectivity index (χ0n) is 68.6. The Morgan fingerprint density at radius 3 is 1.05 bits per heavy atom. The lowest BCUT2D eigenvalue weighted by Crippen LogP contribution is -2.49. The number of nitrogens with zero attached hydrogens (tertiary/aromatic N) is 9. The molecule has 58 heteroatoms. The lowest BCUT2D eigenvalue weighted by molar-refractivity contribution is -0.0838. The van der Waals surface area contributed by atoms with E-state index in [-0.39, 0.29) is 5.69 Å². The Kier molecular flexibility index (Phi) is 33.1. The molecule has 6 fully saturated rings. The monoisotopic (exact) mass is 1840 g/mol. The maximum Gasteiger partial charge on any atom is 0.350 e. The number of aryl methyl sites for hydroxylation is 1. The predicted octanol–water partition coefficient (Wildman–Crippen LogP) is -16.4. The molecule has 12 rings (SSSR count). The molecule has 24 atom stereocenters. The van der Waals surface area contributed by atoms with E-state index in [1.165, 1.54) is 6.92 Å². The fourth-order valence-electron chi connectivity index (χ4n) is 12.5. The van der Waals surface area contributed by atoms with E-state index in [1.54, 1.807) is 9.97 Å². The van der Waals surface area contributed by atoms with Crippen LogP contribution in [-0.2, 0) is 28.4 Å². The normalized spacial score (nSPS) is 32.1. The number of H-pyrrole nitrogens is 6. The summed E-state index contributed by atoms with van der Waals surface area (Å²) in [6, 6.07) is 2.01. The summed E-state index contributed by atoms with van der Waals surface area (Å²) >= 11 is 0. The van der Waals surface area contributed by atoms with Crippen LogP contribution in [0.5, 0.6) is 0 Å². The Balaban J connectivity index is 0.000000216. The van der Waals surface area contributed by atoms with Crippen LogP contribution in [-0.4, -0.2) is 351 Å². The molecule has 0 amide bonds. The number of rotatable bonds is 12. The van der Waals surface area contributed by atoms with Gasteiger partial charge in [0.15, 0.2) is 65.4 Å². The highest BCUT2D eigenvalue weighted by atomic mass is 19.1. The largest absolute Gasteiger partial charge is 0.394 e. The molecule has 0 aromatic carbocycles. The van der Waals surface area contributed by atoms with Gasteiger partial charge < -0.3 is 120 Å². The molecule has 696 valence electrons. The van der Waals surface area contributed by atoms with Gasteiger partial charge in [-0.2, -0.15) is 24.1 Å². The van der Waals surface area contributed by atoms with Gasteiger partial charge in [0.05, 0.1) is 51.2 Å². The second-order valence-corrected chi connectivity index (χ2v) is 26.4. The molecule has 6 saturated heterocycles. The average molecular weight is 1840 g/mol. The molecule has 0 saturated carbocycles. The second-order valence-electron chi connectivity index (χ2n) is 26.4. The van der Waals surface area contributed by atoms with Gasteiger partial charge in [-0.05, 0) is 6.92 Å². The molecule has 6 aliphatic heterocycles. The quantitative estimate of drug-likeness (QED) is 0.0400. The number of hydrogen-bond acceptors (Lipinski definition) is 39. The molecule has 0 spiro atoms. The van der Waals surface area contributed by atoms with Gasteiger partial charge in [0, 0.05) is 24.0 Å². The van der Waals surface area contributed by atoms with E-state index in [4.69, 9.17) is 49.2 Å². The van der Waals surface area contributed by atoms with Gasteiger partial charge in [-0.3, -0.25) is 71.9 Å². The first kappa shape index (κ1) is 96.4. The van der Waals surface area contributed by atoms with Crippen molar-refractivity contribution in [3.05, 3.63) is 180 Å². The molecule has 0 aliphatic carbocycles. The van der Waals surface area contributed by atoms with E-state index >= 15 is 0 Å². The topological polar surface area (TPSA) is 787 Å². The summed E-state index contributed by atoms with van der Waals surface area (Å²) in [5.41, 5.74) is -26.0. The van der Waals surface area contributed by atoms with Crippen LogP contribution < -0.4 is 67.8 Å². The number of halogens is 7. The third-order valence-corrected chi connectivity index (χ3v) is 18.5. The van der Waals surface area contributed by atoms with Gasteiger partial charge in [-0.25, -0.2) is 64.7 Å². The van der Waals surface area contributed by atoms with E-state index in [9.17, 15) is 165 Å². The van der Waals surface area contributed by atoms with E-state index < -0.39 is 297 Å². The van der Waals surface area contributed by atoms with Gasteiger partial charge in [0.25, 0.3) is 22.2 Å². The number of ether oxygens (including phenoxy) is 6. The van der Waals surface area contributed by atoms with E-state index in [1.807, 2.05) is 73.2 Å². The lowest BCUT2D eigenvalue weighted by atomic mass is 9.94. The van der Waals surface area contributed by atoms with Crippen molar-refractivity contribution in [3.8, 4) is 71.0 Å². The third kappa shape index (κ3) is 21.8. The standard InChI is InChI=1S/C13H15FN2O6.C12H12F2N2O6.C12H13FN2O6.3C11H12FN3O6/c1-7-5-9(18)15-12(20)16(7)11-13(21,3-2-4-14)10(19)8(6-17)22-11;13-3-1-2-12(21)8(18)7(5-17)22-10(12)16-4-6(14)9(19)15-11(16)20;13-4-1-3-12(20)9(18)7(6-16)21-10(12)15-5-2-8(17)14-11(15)19;12-3-1-2-11(20)8(18)6(5-16)21-9(11)15-10(19)14-7(17)4-13-15;2*12-3-1-2-11(20)7(17)6(4-16)21-8(11)15-5-13-9(18)14-10(15)19/h5,8,10-11,17,19,21H,4,6H2,1H3,(H,15,18,20);4,7-8,10,17-18,21H,3,5H2,(H,15,19,20);2,5,7,9-10,16,18,20H,4,6H2,(H,14,17,19);4,6,8-9,16,18,20H,3,5H2,(H,14,17,19);2*5-8,16-17,20H,3-4H2,(H,14,18,19)/t8-,10+,11-,13?;7-,8+,10-,12?;7-,9+,10-,12?;6-,8+,9-,11?;2*6-,7+,8-,11?/m111111/s1/i;;6D2;;4D2;. The molecular formula is C70H76F7N15O36. The molecule has 24 N–H and O–H groups in total. The summed E-state index contributed by atoms with van der Waals surface area (Å²) in [5, 5.41) is 181. The predicted molar refractivity (Wildman–Crippen MR) is 400 cm³/mol. The summed E-state index contributed by atoms with van der Waals surface area (Å²) in [6.07, 6.45) is -26.6. The Hall–Kier alpha value is -12.2. The summed E-state index contributed by atoms with van der Waals surface area (Å²) in [4.78, 5) is 154. The summed E-state index contributed by atoms with van der Waals surface area (Å²) in [5.74, 6) is 22.3. The van der Waals surface area contributed by atoms with E-state index in [0.717, 1.165) is 35.4 Å². The first-order chi connectivity index (χ1) is 61.8. The number of aliphatic hydroxyl groups excluding tert-OH is 10. The number of aliphatic hydroxyl groups is 18. The second kappa shape index (κ2) is 44.0. The number of aromatic amines is 6. The van der Waals surface area contributed by atoms with Gasteiger partial charge >= 0.3 is 45.5 Å². The first-order valence-electron chi connectivity index (χ1n) is 37.6. The first-order valence-corrected chi connectivity index (χ1v) is 35.6. The minimum atomic E-state index is -3.10. The molecule has 6 aromatic heterocycles. The van der Waals surface area contributed by atoms with Gasteiger partial charge in [-0.15, -0.1) is 0 Å². The molecule has 12 heterocycles. The van der Waals surface area contributed by atoms with Crippen LogP contribution in [0.2, 0.25) is 0 Å². The van der Waals surface area contributed by atoms with Crippen LogP contribution in [0.4, 0.5) is 30.7 Å². The number of aromatic nitrogens is 15. The lowest BCUT2D eigenvalue weighted by Gasteiger charge is -2.27. The Morgan fingerprint density at radius 1 is 0.398 bits per heavy atom. The summed E-state index contributed by atoms with van der Waals surface area (Å²) in [6.45, 7) is -14.3. The molecule has 128 heavy (non-hydrogen) atoms. The molecule has 6 aromatic rings. The number of hydrogen-bond donors (Lipinski definition) is 24. The minimum absolute atomic E-state index is 0.144. The average Bonchev–Trinajstić information content (AvgIpc) is 1.40. The van der Waals surface area contributed by atoms with Crippen LogP contribution in [0.25, 0.3) is 0 Å². The van der Waals surface area contributed by atoms with Crippen molar-refractivity contribution in [1.82, 2.24) is 72.5 Å². The van der Waals surface area contributed by atoms with Crippen LogP contribution in [0.15, 0.2) is 101 Å². The van der Waals surface area contributed by atoms with Gasteiger partial charge in [0.2, 0.25) is 11.4 Å². The van der Waals surface area contributed by atoms with Gasteiger partial charge in [-0.1, -0.05) is 71.0 Å². The molecule has 6 unspecified atom stereocenters. The zero-order valence-corrected chi connectivity index (χ0v) is 64.6. The fourth-order valence-corrected chi connectivity index (χ4v) is 12.5. The minimum Gasteiger partial charge on any atom is -0.394 e. The molecular weight excluding hydrogens is 1760 g/mol. The fraction of sp³-hybridized carbons (Fsp3) is 0.529. The van der Waals surface area contributed by atoms with E-state index in [0.29, 0.717) is 35.5 Å². The highest BCUT2D eigenvalue weighted by Gasteiger charge is 2.61. The van der Waals surface area contributed by atoms with Crippen molar-refractivity contribution < 1.29 is 157 Å². The van der Waals surface area contributed by atoms with Crippen molar-refractivity contribution in [1.29, 1.82) is 0 Å². The van der Waals surface area contributed by atoms with Crippen molar-refractivity contribution in [2.24, 2.45) is 0 Å². The van der Waals surface area contributed by atoms with Crippen molar-refractivity contribution in [2.45, 2.75) is 151 Å². The van der Waals surface area contributed by atoms with Crippen molar-refractivity contribution in [3.63, 3.8) is 0 Å². The Morgan fingerprint density at radius 2 is 0.703 bits per heavy atom. The van der Waals surface area contributed by atoms with Crippen molar-refractivity contribution in [2.75, 3.05) is 79.6 Å².